The number of ether oxygens (including phenoxy) is 1. The summed E-state index contributed by atoms with van der Waals surface area (Å²) in [6, 6.07) is 4.58. The van der Waals surface area contributed by atoms with Gasteiger partial charge in [0.25, 0.3) is 0 Å². The highest BCUT2D eigenvalue weighted by molar-refractivity contribution is 5.76. The lowest BCUT2D eigenvalue weighted by Crippen LogP contribution is -2.19. The number of phenols is 1. The van der Waals surface area contributed by atoms with Crippen LogP contribution in [0.1, 0.15) is 31.1 Å². The summed E-state index contributed by atoms with van der Waals surface area (Å²) >= 11 is 0. The van der Waals surface area contributed by atoms with E-state index in [9.17, 15) is 15.0 Å². The van der Waals surface area contributed by atoms with Gasteiger partial charge in [0.05, 0.1) is 6.10 Å². The van der Waals surface area contributed by atoms with Gasteiger partial charge in [0.1, 0.15) is 5.75 Å². The molecule has 16 heavy (non-hydrogen) atoms. The van der Waals surface area contributed by atoms with Crippen LogP contribution >= 0.6 is 0 Å². The first-order valence-electron chi connectivity index (χ1n) is 5.10. The average Bonchev–Trinajstić information content (AvgIpc) is 2.20. The lowest BCUT2D eigenvalue weighted by molar-refractivity contribution is -0.157. The van der Waals surface area contributed by atoms with Gasteiger partial charge in [0, 0.05) is 0 Å². The normalized spacial score (nSPS) is 12.6. The summed E-state index contributed by atoms with van der Waals surface area (Å²) in [6.45, 7) is 5.15. The number of esters is 1. The second-order valence-electron chi connectivity index (χ2n) is 3.93. The fraction of sp³-hybridized carbons (Fsp3) is 0.417. The molecule has 0 fully saturated rings. The van der Waals surface area contributed by atoms with Crippen molar-refractivity contribution >= 4 is 5.97 Å². The van der Waals surface area contributed by atoms with Crippen LogP contribution in [0.4, 0.5) is 0 Å². The number of aryl methyl sites for hydroxylation is 1. The summed E-state index contributed by atoms with van der Waals surface area (Å²) in [4.78, 5) is 11.4. The van der Waals surface area contributed by atoms with E-state index in [1.807, 2.05) is 0 Å². The van der Waals surface area contributed by atoms with Crippen LogP contribution in [0.25, 0.3) is 0 Å². The Morgan fingerprint density at radius 3 is 2.50 bits per heavy atom. The number of rotatable bonds is 3. The van der Waals surface area contributed by atoms with Crippen molar-refractivity contribution < 1.29 is 19.7 Å². The van der Waals surface area contributed by atoms with Crippen LogP contribution < -0.4 is 0 Å². The van der Waals surface area contributed by atoms with Crippen LogP contribution in [0.3, 0.4) is 0 Å². The number of aliphatic hydroxyl groups is 1. The first kappa shape index (κ1) is 12.5. The van der Waals surface area contributed by atoms with E-state index < -0.39 is 12.1 Å². The number of phenolic OH excluding ortho intramolecular Hbond substituents is 1. The zero-order valence-electron chi connectivity index (χ0n) is 9.60. The molecule has 0 saturated heterocycles. The SMILES string of the molecule is Cc1ccc(C(O)C(=O)OC(C)C)cc1O. The number of carbonyl (C=O) groups excluding carboxylic acids is 1. The van der Waals surface area contributed by atoms with Crippen LogP contribution in [0.5, 0.6) is 5.75 Å². The first-order valence-corrected chi connectivity index (χ1v) is 5.10. The molecule has 4 heteroatoms. The summed E-state index contributed by atoms with van der Waals surface area (Å²) in [5.74, 6) is -0.660. The van der Waals surface area contributed by atoms with Gasteiger partial charge in [-0.05, 0) is 38.0 Å². The minimum atomic E-state index is -1.35. The van der Waals surface area contributed by atoms with Crippen LogP contribution in [0, 0.1) is 6.92 Å². The first-order chi connectivity index (χ1) is 7.41. The predicted octanol–water partition coefficient (Wildman–Crippen LogP) is 1.69. The van der Waals surface area contributed by atoms with Gasteiger partial charge in [-0.1, -0.05) is 12.1 Å². The second kappa shape index (κ2) is 4.99. The molecule has 0 bridgehead atoms. The number of aromatic hydroxyl groups is 1. The van der Waals surface area contributed by atoms with Gasteiger partial charge in [-0.3, -0.25) is 0 Å². The molecule has 1 rings (SSSR count). The monoisotopic (exact) mass is 224 g/mol. The molecule has 1 unspecified atom stereocenters. The topological polar surface area (TPSA) is 66.8 Å². The maximum Gasteiger partial charge on any atom is 0.339 e. The smallest absolute Gasteiger partial charge is 0.339 e. The highest BCUT2D eigenvalue weighted by Crippen LogP contribution is 2.23. The third kappa shape index (κ3) is 2.97. The van der Waals surface area contributed by atoms with E-state index in [0.717, 1.165) is 0 Å². The summed E-state index contributed by atoms with van der Waals surface area (Å²) in [6.07, 6.45) is -1.63. The molecule has 2 N–H and O–H groups in total. The van der Waals surface area contributed by atoms with E-state index in [2.05, 4.69) is 0 Å². The Morgan fingerprint density at radius 1 is 1.38 bits per heavy atom. The highest BCUT2D eigenvalue weighted by Gasteiger charge is 2.20. The number of aliphatic hydroxyl groups excluding tert-OH is 1. The maximum atomic E-state index is 11.4. The Balaban J connectivity index is 2.83. The van der Waals surface area contributed by atoms with Gasteiger partial charge in [-0.15, -0.1) is 0 Å². The summed E-state index contributed by atoms with van der Waals surface area (Å²) in [5.41, 5.74) is 1.02. The fourth-order valence-corrected chi connectivity index (χ4v) is 1.23. The van der Waals surface area contributed by atoms with E-state index in [1.165, 1.54) is 6.07 Å². The molecule has 4 nitrogen and oxygen atoms in total. The van der Waals surface area contributed by atoms with Crippen molar-refractivity contribution in [3.05, 3.63) is 29.3 Å². The molecule has 0 spiro atoms. The molecule has 0 aliphatic rings. The minimum Gasteiger partial charge on any atom is -0.508 e. The van der Waals surface area contributed by atoms with Crippen molar-refractivity contribution in [2.75, 3.05) is 0 Å². The van der Waals surface area contributed by atoms with Crippen molar-refractivity contribution in [1.29, 1.82) is 0 Å². The van der Waals surface area contributed by atoms with Gasteiger partial charge >= 0.3 is 5.97 Å². The van der Waals surface area contributed by atoms with Crippen molar-refractivity contribution in [2.24, 2.45) is 0 Å². The molecule has 1 aromatic rings. The quantitative estimate of drug-likeness (QED) is 0.767. The zero-order chi connectivity index (χ0) is 12.3. The molecule has 0 aromatic heterocycles. The van der Waals surface area contributed by atoms with Gasteiger partial charge in [-0.25, -0.2) is 4.79 Å². The number of carbonyl (C=O) groups is 1. The Hall–Kier alpha value is -1.55. The van der Waals surface area contributed by atoms with Crippen molar-refractivity contribution in [3.8, 4) is 5.75 Å². The van der Waals surface area contributed by atoms with Crippen LogP contribution in [-0.2, 0) is 9.53 Å². The lowest BCUT2D eigenvalue weighted by atomic mass is 10.1. The largest absolute Gasteiger partial charge is 0.508 e. The Morgan fingerprint density at radius 2 is 2.00 bits per heavy atom. The number of benzene rings is 1. The summed E-state index contributed by atoms with van der Waals surface area (Å²) in [5, 5.41) is 19.1. The molecule has 0 heterocycles. The van der Waals surface area contributed by atoms with Gasteiger partial charge in [0.2, 0.25) is 0 Å². The number of hydrogen-bond donors (Lipinski definition) is 2. The molecule has 0 radical (unpaired) electrons. The number of hydrogen-bond acceptors (Lipinski definition) is 4. The molecule has 1 atom stereocenters. The van der Waals surface area contributed by atoms with Crippen LogP contribution in [0.2, 0.25) is 0 Å². The fourth-order valence-electron chi connectivity index (χ4n) is 1.23. The van der Waals surface area contributed by atoms with Crippen molar-refractivity contribution in [2.45, 2.75) is 33.0 Å². The third-order valence-electron chi connectivity index (χ3n) is 2.12. The standard InChI is InChI=1S/C12H16O4/c1-7(2)16-12(15)11(14)9-5-4-8(3)10(13)6-9/h4-7,11,13-14H,1-3H3. The Bertz CT molecular complexity index is 385. The van der Waals surface area contributed by atoms with Crippen LogP contribution in [0.15, 0.2) is 18.2 Å². The van der Waals surface area contributed by atoms with Crippen LogP contribution in [-0.4, -0.2) is 22.3 Å². The molecule has 1 aromatic carbocycles. The Kier molecular flexibility index (Phi) is 3.90. The molecule has 0 aliphatic heterocycles. The van der Waals surface area contributed by atoms with Gasteiger partial charge in [-0.2, -0.15) is 0 Å². The maximum absolute atomic E-state index is 11.4. The molecule has 0 amide bonds. The van der Waals surface area contributed by atoms with Gasteiger partial charge < -0.3 is 14.9 Å². The second-order valence-corrected chi connectivity index (χ2v) is 3.93. The predicted molar refractivity (Wildman–Crippen MR) is 59.0 cm³/mol. The Labute approximate surface area is 94.5 Å². The lowest BCUT2D eigenvalue weighted by Gasteiger charge is -2.13. The van der Waals surface area contributed by atoms with Gasteiger partial charge in [0.15, 0.2) is 6.10 Å². The minimum absolute atomic E-state index is 0.0499. The van der Waals surface area contributed by atoms with Crippen molar-refractivity contribution in [3.63, 3.8) is 0 Å². The molecule has 0 saturated carbocycles. The third-order valence-corrected chi connectivity index (χ3v) is 2.12. The molecule has 0 aliphatic carbocycles. The van der Waals surface area contributed by atoms with Crippen molar-refractivity contribution in [1.82, 2.24) is 0 Å². The highest BCUT2D eigenvalue weighted by atomic mass is 16.6. The van der Waals surface area contributed by atoms with E-state index >= 15 is 0 Å². The van der Waals surface area contributed by atoms with E-state index in [-0.39, 0.29) is 11.9 Å². The molecular weight excluding hydrogens is 208 g/mol. The molecule has 88 valence electrons. The zero-order valence-corrected chi connectivity index (χ0v) is 9.60. The average molecular weight is 224 g/mol. The van der Waals surface area contributed by atoms with E-state index in [0.29, 0.717) is 11.1 Å². The molecular formula is C12H16O4. The van der Waals surface area contributed by atoms with E-state index in [4.69, 9.17) is 4.74 Å². The summed E-state index contributed by atoms with van der Waals surface area (Å²) < 4.78 is 4.87. The van der Waals surface area contributed by atoms with E-state index in [1.54, 1.807) is 32.9 Å². The summed E-state index contributed by atoms with van der Waals surface area (Å²) in [7, 11) is 0.